The van der Waals surface area contributed by atoms with E-state index in [2.05, 4.69) is 5.32 Å². The Morgan fingerprint density at radius 2 is 2.05 bits per heavy atom. The molecule has 1 amide bonds. The number of hydrogen-bond donors (Lipinski definition) is 1. The lowest BCUT2D eigenvalue weighted by Gasteiger charge is -2.10. The van der Waals surface area contributed by atoms with Crippen molar-refractivity contribution in [3.63, 3.8) is 0 Å². The molecular formula is C16H16FNO2. The first-order valence-electron chi connectivity index (χ1n) is 6.38. The van der Waals surface area contributed by atoms with Crippen LogP contribution in [0, 0.1) is 5.82 Å². The van der Waals surface area contributed by atoms with E-state index in [9.17, 15) is 9.18 Å². The largest absolute Gasteiger partial charge is 0.496 e. The third kappa shape index (κ3) is 3.15. The summed E-state index contributed by atoms with van der Waals surface area (Å²) in [7, 11) is 1.52. The molecule has 2 rings (SSSR count). The van der Waals surface area contributed by atoms with Crippen LogP contribution in [0.25, 0.3) is 0 Å². The second-order valence-electron chi connectivity index (χ2n) is 4.35. The average molecular weight is 273 g/mol. The SMILES string of the molecule is CCc1ccc(C(=O)Nc2cccc(F)c2)c(OC)c1. The lowest BCUT2D eigenvalue weighted by atomic mass is 10.1. The molecule has 2 aromatic rings. The number of carbonyl (C=O) groups excluding carboxylic acids is 1. The molecule has 0 unspecified atom stereocenters. The minimum atomic E-state index is -0.393. The highest BCUT2D eigenvalue weighted by Crippen LogP contribution is 2.22. The van der Waals surface area contributed by atoms with Gasteiger partial charge in [-0.3, -0.25) is 4.79 Å². The lowest BCUT2D eigenvalue weighted by molar-refractivity contribution is 0.102. The maximum Gasteiger partial charge on any atom is 0.259 e. The summed E-state index contributed by atoms with van der Waals surface area (Å²) >= 11 is 0. The molecule has 4 heteroatoms. The predicted molar refractivity (Wildman–Crippen MR) is 76.7 cm³/mol. The molecule has 20 heavy (non-hydrogen) atoms. The third-order valence-electron chi connectivity index (χ3n) is 3.00. The first kappa shape index (κ1) is 14.1. The molecule has 0 aromatic heterocycles. The number of ether oxygens (including phenoxy) is 1. The quantitative estimate of drug-likeness (QED) is 0.923. The summed E-state index contributed by atoms with van der Waals surface area (Å²) in [5.41, 5.74) is 1.93. The van der Waals surface area contributed by atoms with Crippen molar-refractivity contribution >= 4 is 11.6 Å². The van der Waals surface area contributed by atoms with Gasteiger partial charge in [0.25, 0.3) is 5.91 Å². The van der Waals surface area contributed by atoms with E-state index in [1.807, 2.05) is 19.1 Å². The first-order chi connectivity index (χ1) is 9.63. The van der Waals surface area contributed by atoms with Gasteiger partial charge in [-0.15, -0.1) is 0 Å². The van der Waals surface area contributed by atoms with Gasteiger partial charge in [0.1, 0.15) is 11.6 Å². The van der Waals surface area contributed by atoms with Crippen molar-refractivity contribution < 1.29 is 13.9 Å². The van der Waals surface area contributed by atoms with Gasteiger partial charge in [-0.1, -0.05) is 19.1 Å². The molecule has 0 atom stereocenters. The molecule has 0 bridgehead atoms. The Hall–Kier alpha value is -2.36. The molecule has 2 aromatic carbocycles. The summed E-state index contributed by atoms with van der Waals surface area (Å²) < 4.78 is 18.3. The fourth-order valence-corrected chi connectivity index (χ4v) is 1.91. The Morgan fingerprint density at radius 3 is 2.70 bits per heavy atom. The van der Waals surface area contributed by atoms with Crippen LogP contribution in [0.4, 0.5) is 10.1 Å². The van der Waals surface area contributed by atoms with Crippen LogP contribution in [-0.2, 0) is 6.42 Å². The molecule has 0 spiro atoms. The van der Waals surface area contributed by atoms with Crippen molar-refractivity contribution in [3.05, 3.63) is 59.4 Å². The first-order valence-corrected chi connectivity index (χ1v) is 6.38. The molecule has 1 N–H and O–H groups in total. The summed E-state index contributed by atoms with van der Waals surface area (Å²) in [5.74, 6) is -0.204. The zero-order chi connectivity index (χ0) is 14.5. The number of rotatable bonds is 4. The van der Waals surface area contributed by atoms with Crippen LogP contribution in [0.2, 0.25) is 0 Å². The van der Waals surface area contributed by atoms with E-state index < -0.39 is 5.82 Å². The number of amides is 1. The standard InChI is InChI=1S/C16H16FNO2/c1-3-11-7-8-14(15(9-11)20-2)16(19)18-13-6-4-5-12(17)10-13/h4-10H,3H2,1-2H3,(H,18,19). The van der Waals surface area contributed by atoms with Gasteiger partial charge in [0.15, 0.2) is 0 Å². The van der Waals surface area contributed by atoms with E-state index in [4.69, 9.17) is 4.74 Å². The van der Waals surface area contributed by atoms with Gasteiger partial charge >= 0.3 is 0 Å². The van der Waals surface area contributed by atoms with Gasteiger partial charge < -0.3 is 10.1 Å². The van der Waals surface area contributed by atoms with Crippen LogP contribution in [0.3, 0.4) is 0 Å². The molecule has 104 valence electrons. The van der Waals surface area contributed by atoms with Crippen LogP contribution in [0.5, 0.6) is 5.75 Å². The maximum absolute atomic E-state index is 13.1. The van der Waals surface area contributed by atoms with Crippen LogP contribution in [-0.4, -0.2) is 13.0 Å². The Labute approximate surface area is 117 Å². The molecule has 0 aliphatic carbocycles. The number of anilines is 1. The molecule has 3 nitrogen and oxygen atoms in total. The zero-order valence-corrected chi connectivity index (χ0v) is 11.4. The number of hydrogen-bond acceptors (Lipinski definition) is 2. The smallest absolute Gasteiger partial charge is 0.259 e. The fraction of sp³-hybridized carbons (Fsp3) is 0.188. The highest BCUT2D eigenvalue weighted by atomic mass is 19.1. The Bertz CT molecular complexity index is 626. The Morgan fingerprint density at radius 1 is 1.25 bits per heavy atom. The molecular weight excluding hydrogens is 257 g/mol. The molecule has 0 saturated heterocycles. The van der Waals surface area contributed by atoms with Crippen LogP contribution < -0.4 is 10.1 Å². The summed E-state index contributed by atoms with van der Waals surface area (Å²) in [4.78, 5) is 12.2. The van der Waals surface area contributed by atoms with E-state index in [-0.39, 0.29) is 5.91 Å². The van der Waals surface area contributed by atoms with Crippen molar-refractivity contribution in [3.8, 4) is 5.75 Å². The van der Waals surface area contributed by atoms with E-state index in [1.54, 1.807) is 18.2 Å². The number of nitrogens with one attached hydrogen (secondary N) is 1. The average Bonchev–Trinajstić information content (AvgIpc) is 2.46. The highest BCUT2D eigenvalue weighted by Gasteiger charge is 2.13. The van der Waals surface area contributed by atoms with Crippen LogP contribution >= 0.6 is 0 Å². The number of carbonyl (C=O) groups is 1. The Kier molecular flexibility index (Phi) is 4.35. The van der Waals surface area contributed by atoms with E-state index in [0.717, 1.165) is 12.0 Å². The summed E-state index contributed by atoms with van der Waals surface area (Å²) in [6, 6.07) is 11.2. The van der Waals surface area contributed by atoms with Crippen LogP contribution in [0.1, 0.15) is 22.8 Å². The van der Waals surface area contributed by atoms with E-state index >= 15 is 0 Å². The maximum atomic E-state index is 13.1. The van der Waals surface area contributed by atoms with Crippen molar-refractivity contribution in [1.29, 1.82) is 0 Å². The van der Waals surface area contributed by atoms with Gasteiger partial charge in [-0.05, 0) is 42.3 Å². The normalized spacial score (nSPS) is 10.2. The predicted octanol–water partition coefficient (Wildman–Crippen LogP) is 3.65. The van der Waals surface area contributed by atoms with Gasteiger partial charge in [0, 0.05) is 5.69 Å². The Balaban J connectivity index is 2.25. The molecule has 0 heterocycles. The second-order valence-corrected chi connectivity index (χ2v) is 4.35. The summed E-state index contributed by atoms with van der Waals surface area (Å²) in [6.45, 7) is 2.03. The van der Waals surface area contributed by atoms with Crippen LogP contribution in [0.15, 0.2) is 42.5 Å². The number of halogens is 1. The highest BCUT2D eigenvalue weighted by molar-refractivity contribution is 6.06. The molecule has 0 saturated carbocycles. The lowest BCUT2D eigenvalue weighted by Crippen LogP contribution is -2.13. The van der Waals surface area contributed by atoms with Gasteiger partial charge in [-0.25, -0.2) is 4.39 Å². The zero-order valence-electron chi connectivity index (χ0n) is 11.4. The van der Waals surface area contributed by atoms with Crippen molar-refractivity contribution in [2.24, 2.45) is 0 Å². The molecule has 0 fully saturated rings. The number of aryl methyl sites for hydroxylation is 1. The molecule has 0 aliphatic rings. The minimum Gasteiger partial charge on any atom is -0.496 e. The van der Waals surface area contributed by atoms with Gasteiger partial charge in [0.05, 0.1) is 12.7 Å². The monoisotopic (exact) mass is 273 g/mol. The van der Waals surface area contributed by atoms with Crippen molar-refractivity contribution in [1.82, 2.24) is 0 Å². The summed E-state index contributed by atoms with van der Waals surface area (Å²) in [5, 5.41) is 2.65. The third-order valence-corrected chi connectivity index (χ3v) is 3.00. The minimum absolute atomic E-state index is 0.324. The summed E-state index contributed by atoms with van der Waals surface area (Å²) in [6.07, 6.45) is 0.863. The van der Waals surface area contributed by atoms with Crippen molar-refractivity contribution in [2.45, 2.75) is 13.3 Å². The fourth-order valence-electron chi connectivity index (χ4n) is 1.91. The van der Waals surface area contributed by atoms with Crippen molar-refractivity contribution in [2.75, 3.05) is 12.4 Å². The molecule has 0 radical (unpaired) electrons. The second kappa shape index (κ2) is 6.19. The van der Waals surface area contributed by atoms with E-state index in [1.165, 1.54) is 19.2 Å². The molecule has 0 aliphatic heterocycles. The van der Waals surface area contributed by atoms with Gasteiger partial charge in [0.2, 0.25) is 0 Å². The number of benzene rings is 2. The van der Waals surface area contributed by atoms with E-state index in [0.29, 0.717) is 17.0 Å². The van der Waals surface area contributed by atoms with Gasteiger partial charge in [-0.2, -0.15) is 0 Å². The topological polar surface area (TPSA) is 38.3 Å². The number of methoxy groups -OCH3 is 1.